The molecule has 1 atom stereocenters. The van der Waals surface area contributed by atoms with E-state index >= 15 is 0 Å². The van der Waals surface area contributed by atoms with Crippen LogP contribution in [0.3, 0.4) is 0 Å². The molecule has 29 heavy (non-hydrogen) atoms. The molecule has 6 nitrogen and oxygen atoms in total. The van der Waals surface area contributed by atoms with E-state index in [1.165, 1.54) is 30.2 Å². The van der Waals surface area contributed by atoms with Crippen molar-refractivity contribution in [3.8, 4) is 5.69 Å². The molecule has 0 radical (unpaired) electrons. The molecule has 1 aromatic heterocycles. The van der Waals surface area contributed by atoms with Crippen LogP contribution >= 0.6 is 11.8 Å². The number of unbranched alkanes of at least 4 members (excludes halogenated alkanes) is 1. The number of aromatic nitrogens is 4. The monoisotopic (exact) mass is 407 g/mol. The number of tetrazole rings is 1. The smallest absolute Gasteiger partial charge is 0.238 e. The quantitative estimate of drug-likeness (QED) is 0.540. The SMILES string of the molecule is CCCCc1ccc(-n2nnnc2S[C@@H](C(=O)NC2CC2)c2ccccc2)cc1. The van der Waals surface area contributed by atoms with Crippen LogP contribution < -0.4 is 5.32 Å². The Hall–Kier alpha value is -2.67. The summed E-state index contributed by atoms with van der Waals surface area (Å²) in [5.41, 5.74) is 3.15. The summed E-state index contributed by atoms with van der Waals surface area (Å²) >= 11 is 1.38. The van der Waals surface area contributed by atoms with E-state index in [1.54, 1.807) is 4.68 Å². The van der Waals surface area contributed by atoms with Crippen molar-refractivity contribution < 1.29 is 4.79 Å². The number of aryl methyl sites for hydroxylation is 1. The third-order valence-electron chi connectivity index (χ3n) is 4.93. The molecule has 1 N–H and O–H groups in total. The van der Waals surface area contributed by atoms with Crippen LogP contribution in [0.15, 0.2) is 59.8 Å². The first-order valence-electron chi connectivity index (χ1n) is 10.1. The Bertz CT molecular complexity index is 937. The molecule has 1 aliphatic carbocycles. The Morgan fingerprint density at radius 2 is 1.93 bits per heavy atom. The lowest BCUT2D eigenvalue weighted by Crippen LogP contribution is -2.29. The highest BCUT2D eigenvalue weighted by Crippen LogP contribution is 2.35. The number of benzene rings is 2. The first-order valence-corrected chi connectivity index (χ1v) is 11.0. The van der Waals surface area contributed by atoms with E-state index in [0.717, 1.165) is 30.5 Å². The molecular formula is C22H25N5OS. The van der Waals surface area contributed by atoms with Crippen molar-refractivity contribution in [3.63, 3.8) is 0 Å². The number of hydrogen-bond acceptors (Lipinski definition) is 5. The van der Waals surface area contributed by atoms with Crippen LogP contribution in [0.25, 0.3) is 5.69 Å². The van der Waals surface area contributed by atoms with E-state index in [4.69, 9.17) is 0 Å². The Labute approximate surface area is 175 Å². The Balaban J connectivity index is 1.56. The zero-order valence-corrected chi connectivity index (χ0v) is 17.3. The number of thioether (sulfide) groups is 1. The van der Waals surface area contributed by atoms with E-state index < -0.39 is 5.25 Å². The summed E-state index contributed by atoms with van der Waals surface area (Å²) in [4.78, 5) is 12.9. The predicted octanol–water partition coefficient (Wildman–Crippen LogP) is 4.12. The lowest BCUT2D eigenvalue weighted by molar-refractivity contribution is -0.120. The fourth-order valence-corrected chi connectivity index (χ4v) is 4.11. The summed E-state index contributed by atoms with van der Waals surface area (Å²) in [6.07, 6.45) is 5.55. The first-order chi connectivity index (χ1) is 14.2. The molecule has 1 amide bonds. The summed E-state index contributed by atoms with van der Waals surface area (Å²) in [7, 11) is 0. The molecule has 1 saturated carbocycles. The molecule has 4 rings (SSSR count). The van der Waals surface area contributed by atoms with Crippen molar-refractivity contribution in [2.24, 2.45) is 0 Å². The van der Waals surface area contributed by atoms with Gasteiger partial charge >= 0.3 is 0 Å². The summed E-state index contributed by atoms with van der Waals surface area (Å²) in [5, 5.41) is 15.5. The molecule has 0 aliphatic heterocycles. The van der Waals surface area contributed by atoms with Crippen LogP contribution in [0.1, 0.15) is 49.0 Å². The first kappa shape index (κ1) is 19.6. The molecule has 2 aromatic carbocycles. The molecular weight excluding hydrogens is 382 g/mol. The van der Waals surface area contributed by atoms with Gasteiger partial charge in [-0.2, -0.15) is 4.68 Å². The maximum Gasteiger partial charge on any atom is 0.238 e. The van der Waals surface area contributed by atoms with Crippen LogP contribution in [0.2, 0.25) is 0 Å². The van der Waals surface area contributed by atoms with Crippen LogP contribution in [0.5, 0.6) is 0 Å². The normalized spacial score (nSPS) is 14.5. The number of nitrogens with zero attached hydrogens (tertiary/aromatic N) is 4. The van der Waals surface area contributed by atoms with Gasteiger partial charge in [-0.15, -0.1) is 5.10 Å². The molecule has 1 fully saturated rings. The van der Waals surface area contributed by atoms with Gasteiger partial charge < -0.3 is 5.32 Å². The van der Waals surface area contributed by atoms with Gasteiger partial charge in [0.05, 0.1) is 5.69 Å². The van der Waals surface area contributed by atoms with Gasteiger partial charge in [0.1, 0.15) is 5.25 Å². The van der Waals surface area contributed by atoms with Crippen LogP contribution in [-0.4, -0.2) is 32.2 Å². The number of carbonyl (C=O) groups is 1. The molecule has 1 aliphatic rings. The Kier molecular flexibility index (Phi) is 6.24. The van der Waals surface area contributed by atoms with Gasteiger partial charge in [-0.1, -0.05) is 67.6 Å². The number of rotatable bonds is 9. The van der Waals surface area contributed by atoms with Crippen molar-refractivity contribution in [2.45, 2.75) is 55.5 Å². The predicted molar refractivity (Wildman–Crippen MR) is 114 cm³/mol. The average molecular weight is 408 g/mol. The maximum absolute atomic E-state index is 12.9. The molecule has 7 heteroatoms. The van der Waals surface area contributed by atoms with E-state index in [0.29, 0.717) is 11.2 Å². The second kappa shape index (κ2) is 9.22. The highest BCUT2D eigenvalue weighted by molar-refractivity contribution is 8.00. The highest BCUT2D eigenvalue weighted by Gasteiger charge is 2.30. The van der Waals surface area contributed by atoms with E-state index in [9.17, 15) is 4.79 Å². The zero-order valence-electron chi connectivity index (χ0n) is 16.5. The fraction of sp³-hybridized carbons (Fsp3) is 0.364. The molecule has 1 heterocycles. The third-order valence-corrected chi connectivity index (χ3v) is 6.12. The number of hydrogen-bond donors (Lipinski definition) is 1. The van der Waals surface area contributed by atoms with E-state index in [-0.39, 0.29) is 5.91 Å². The van der Waals surface area contributed by atoms with Gasteiger partial charge in [0, 0.05) is 6.04 Å². The van der Waals surface area contributed by atoms with Crippen molar-refractivity contribution >= 4 is 17.7 Å². The highest BCUT2D eigenvalue weighted by atomic mass is 32.2. The van der Waals surface area contributed by atoms with Gasteiger partial charge in [0.15, 0.2) is 0 Å². The molecule has 150 valence electrons. The van der Waals surface area contributed by atoms with E-state index in [2.05, 4.69) is 39.9 Å². The maximum atomic E-state index is 12.9. The van der Waals surface area contributed by atoms with Crippen molar-refractivity contribution in [2.75, 3.05) is 0 Å². The minimum absolute atomic E-state index is 0.00756. The van der Waals surface area contributed by atoms with E-state index in [1.807, 2.05) is 42.5 Å². The Morgan fingerprint density at radius 3 is 2.62 bits per heavy atom. The Morgan fingerprint density at radius 1 is 1.17 bits per heavy atom. The molecule has 0 unspecified atom stereocenters. The van der Waals surface area contributed by atoms with Crippen LogP contribution in [0.4, 0.5) is 0 Å². The molecule has 0 spiro atoms. The molecule has 3 aromatic rings. The van der Waals surface area contributed by atoms with Crippen LogP contribution in [0, 0.1) is 0 Å². The molecule has 0 bridgehead atoms. The number of nitrogens with one attached hydrogen (secondary N) is 1. The minimum Gasteiger partial charge on any atom is -0.352 e. The summed E-state index contributed by atoms with van der Waals surface area (Å²) in [6, 6.07) is 18.4. The van der Waals surface area contributed by atoms with Crippen LogP contribution in [-0.2, 0) is 11.2 Å². The van der Waals surface area contributed by atoms with Gasteiger partial charge in [-0.25, -0.2) is 0 Å². The topological polar surface area (TPSA) is 72.7 Å². The lowest BCUT2D eigenvalue weighted by atomic mass is 10.1. The second-order valence-corrected chi connectivity index (χ2v) is 8.41. The molecule has 0 saturated heterocycles. The lowest BCUT2D eigenvalue weighted by Gasteiger charge is -2.16. The zero-order chi connectivity index (χ0) is 20.1. The van der Waals surface area contributed by atoms with Crippen molar-refractivity contribution in [3.05, 3.63) is 65.7 Å². The third kappa shape index (κ3) is 5.03. The number of amides is 1. The average Bonchev–Trinajstić information content (AvgIpc) is 3.45. The number of carbonyl (C=O) groups excluding carboxylic acids is 1. The van der Waals surface area contributed by atoms with Crippen molar-refractivity contribution in [1.29, 1.82) is 0 Å². The second-order valence-electron chi connectivity index (χ2n) is 7.33. The van der Waals surface area contributed by atoms with Gasteiger partial charge in [-0.3, -0.25) is 4.79 Å². The van der Waals surface area contributed by atoms with Gasteiger partial charge in [-0.05, 0) is 59.4 Å². The summed E-state index contributed by atoms with van der Waals surface area (Å²) in [5.74, 6) is 0.00756. The standard InChI is InChI=1S/C22H25N5OS/c1-2-3-7-16-10-14-19(15-11-16)27-22(24-25-26-27)29-20(17-8-5-4-6-9-17)21(28)23-18-12-13-18/h4-6,8-11,14-15,18,20H,2-3,7,12-13H2,1H3,(H,23,28)/t20-/m1/s1. The largest absolute Gasteiger partial charge is 0.352 e. The fourth-order valence-electron chi connectivity index (χ4n) is 3.11. The minimum atomic E-state index is -0.398. The summed E-state index contributed by atoms with van der Waals surface area (Å²) in [6.45, 7) is 2.20. The van der Waals surface area contributed by atoms with Crippen molar-refractivity contribution in [1.82, 2.24) is 25.5 Å². The summed E-state index contributed by atoms with van der Waals surface area (Å²) < 4.78 is 1.70. The van der Waals surface area contributed by atoms with Gasteiger partial charge in [0.2, 0.25) is 11.1 Å². The van der Waals surface area contributed by atoms with Gasteiger partial charge in [0.25, 0.3) is 0 Å².